The molecule has 1 saturated carbocycles. The van der Waals surface area contributed by atoms with Gasteiger partial charge in [0.1, 0.15) is 17.5 Å². The molecular weight excluding hydrogens is 328 g/mol. The number of hydrogen-bond acceptors (Lipinski definition) is 3. The highest BCUT2D eigenvalue weighted by Gasteiger charge is 2.37. The molecule has 1 fully saturated rings. The highest BCUT2D eigenvalue weighted by Crippen LogP contribution is 2.40. The van der Waals surface area contributed by atoms with Gasteiger partial charge in [0, 0.05) is 11.5 Å². The summed E-state index contributed by atoms with van der Waals surface area (Å²) in [5.74, 6) is -0.809. The third-order valence-corrected chi connectivity index (χ3v) is 3.90. The maximum atomic E-state index is 13.7. The van der Waals surface area contributed by atoms with Crippen molar-refractivity contribution in [1.82, 2.24) is 9.78 Å². The van der Waals surface area contributed by atoms with Crippen molar-refractivity contribution in [2.45, 2.75) is 37.6 Å². The van der Waals surface area contributed by atoms with E-state index in [4.69, 9.17) is 0 Å². The van der Waals surface area contributed by atoms with E-state index >= 15 is 0 Å². The van der Waals surface area contributed by atoms with Gasteiger partial charge in [-0.25, -0.2) is 9.07 Å². The van der Waals surface area contributed by atoms with Crippen LogP contribution >= 0.6 is 0 Å². The van der Waals surface area contributed by atoms with Crippen LogP contribution in [0.4, 0.5) is 17.6 Å². The zero-order chi connectivity index (χ0) is 17.5. The summed E-state index contributed by atoms with van der Waals surface area (Å²) >= 11 is 0. The lowest BCUT2D eigenvalue weighted by molar-refractivity contribution is -0.139. The third-order valence-electron chi connectivity index (χ3n) is 3.90. The molecule has 8 heteroatoms. The fourth-order valence-electron chi connectivity index (χ4n) is 2.48. The minimum atomic E-state index is -4.81. The first kappa shape index (κ1) is 16.6. The Balaban J connectivity index is 1.99. The van der Waals surface area contributed by atoms with Gasteiger partial charge in [-0.1, -0.05) is 18.2 Å². The highest BCUT2D eigenvalue weighted by molar-refractivity contribution is 5.23. The molecule has 3 rings (SSSR count). The van der Waals surface area contributed by atoms with Crippen LogP contribution in [0.5, 0.6) is 0 Å². The Morgan fingerprint density at radius 3 is 2.54 bits per heavy atom. The number of rotatable bonds is 4. The van der Waals surface area contributed by atoms with E-state index in [0.717, 1.165) is 12.1 Å². The molecule has 1 aliphatic carbocycles. The topological polar surface area (TPSA) is 55.1 Å². The molecule has 1 aromatic heterocycles. The summed E-state index contributed by atoms with van der Waals surface area (Å²) in [7, 11) is 0. The van der Waals surface area contributed by atoms with Gasteiger partial charge in [0.25, 0.3) is 5.56 Å². The molecule has 128 valence electrons. The summed E-state index contributed by atoms with van der Waals surface area (Å²) in [6, 6.07) is 6.11. The van der Waals surface area contributed by atoms with Crippen molar-refractivity contribution in [2.75, 3.05) is 0 Å². The molecule has 0 unspecified atom stereocenters. The van der Waals surface area contributed by atoms with Crippen LogP contribution in [0.15, 0.2) is 35.1 Å². The van der Waals surface area contributed by atoms with Gasteiger partial charge < -0.3 is 5.11 Å². The number of hydrogen-bond donors (Lipinski definition) is 1. The van der Waals surface area contributed by atoms with Crippen LogP contribution < -0.4 is 5.56 Å². The summed E-state index contributed by atoms with van der Waals surface area (Å²) in [5, 5.41) is 14.0. The average Bonchev–Trinajstić information content (AvgIpc) is 3.33. The van der Waals surface area contributed by atoms with Crippen LogP contribution in [0.3, 0.4) is 0 Å². The van der Waals surface area contributed by atoms with Crippen LogP contribution in [0.1, 0.15) is 41.7 Å². The molecule has 1 heterocycles. The zero-order valence-electron chi connectivity index (χ0n) is 12.4. The Kier molecular flexibility index (Phi) is 4.16. The molecule has 4 nitrogen and oxygen atoms in total. The number of aliphatic hydroxyl groups is 1. The second-order valence-electron chi connectivity index (χ2n) is 5.78. The molecule has 2 aromatic rings. The minimum Gasteiger partial charge on any atom is -0.386 e. The van der Waals surface area contributed by atoms with Gasteiger partial charge >= 0.3 is 6.18 Å². The van der Waals surface area contributed by atoms with E-state index in [1.807, 2.05) is 0 Å². The van der Waals surface area contributed by atoms with Gasteiger partial charge in [0.15, 0.2) is 0 Å². The Bertz CT molecular complexity index is 812. The maximum absolute atomic E-state index is 13.7. The van der Waals surface area contributed by atoms with Crippen LogP contribution in [0.2, 0.25) is 0 Å². The molecule has 0 saturated heterocycles. The van der Waals surface area contributed by atoms with Gasteiger partial charge in [-0.2, -0.15) is 18.3 Å². The van der Waals surface area contributed by atoms with Gasteiger partial charge in [-0.3, -0.25) is 4.79 Å². The highest BCUT2D eigenvalue weighted by atomic mass is 19.4. The predicted octanol–water partition coefficient (Wildman–Crippen LogP) is 3.01. The van der Waals surface area contributed by atoms with Crippen molar-refractivity contribution in [3.05, 3.63) is 63.3 Å². The fourth-order valence-corrected chi connectivity index (χ4v) is 2.48. The van der Waals surface area contributed by atoms with E-state index in [2.05, 4.69) is 5.10 Å². The van der Waals surface area contributed by atoms with Crippen LogP contribution in [0.25, 0.3) is 0 Å². The molecular formula is C16H14F4N2O2. The number of aromatic nitrogens is 2. The summed E-state index contributed by atoms with van der Waals surface area (Å²) in [6.07, 6.45) is -4.88. The largest absolute Gasteiger partial charge is 0.421 e. The number of nitrogens with zero attached hydrogens (tertiary/aromatic N) is 2. The Morgan fingerprint density at radius 2 is 1.96 bits per heavy atom. The third kappa shape index (κ3) is 3.33. The average molecular weight is 342 g/mol. The van der Waals surface area contributed by atoms with Crippen molar-refractivity contribution in [3.8, 4) is 0 Å². The summed E-state index contributed by atoms with van der Waals surface area (Å²) < 4.78 is 53.4. The van der Waals surface area contributed by atoms with Crippen LogP contribution in [0, 0.1) is 5.82 Å². The number of benzene rings is 1. The van der Waals surface area contributed by atoms with Crippen molar-refractivity contribution < 1.29 is 22.7 Å². The molecule has 24 heavy (non-hydrogen) atoms. The molecule has 1 aromatic carbocycles. The quantitative estimate of drug-likeness (QED) is 0.869. The molecule has 1 atom stereocenters. The van der Waals surface area contributed by atoms with E-state index in [1.54, 1.807) is 0 Å². The van der Waals surface area contributed by atoms with E-state index < -0.39 is 35.8 Å². The van der Waals surface area contributed by atoms with Crippen molar-refractivity contribution >= 4 is 0 Å². The molecule has 0 radical (unpaired) electrons. The Hall–Kier alpha value is -2.22. The SMILES string of the molecule is O=c1c(C(F)(F)F)cc(C2CC2)nn1C[C@@H](O)c1ccccc1F. The lowest BCUT2D eigenvalue weighted by Crippen LogP contribution is -2.33. The summed E-state index contributed by atoms with van der Waals surface area (Å²) in [6.45, 7) is -0.552. The van der Waals surface area contributed by atoms with Gasteiger partial charge in [-0.05, 0) is 25.0 Å². The molecule has 1 N–H and O–H groups in total. The maximum Gasteiger partial charge on any atom is 0.421 e. The second kappa shape index (κ2) is 6.01. The molecule has 0 amide bonds. The standard InChI is InChI=1S/C16H14F4N2O2/c17-12-4-2-1-3-10(12)14(23)8-22-15(24)11(16(18,19)20)7-13(21-22)9-5-6-9/h1-4,7,9,14,23H,5-6,8H2/t14-/m1/s1. The first-order valence-electron chi connectivity index (χ1n) is 7.39. The summed E-state index contributed by atoms with van der Waals surface area (Å²) in [4.78, 5) is 12.0. The lowest BCUT2D eigenvalue weighted by atomic mass is 10.1. The number of halogens is 4. The number of alkyl halides is 3. The van der Waals surface area contributed by atoms with Crippen LogP contribution in [-0.2, 0) is 12.7 Å². The molecule has 0 aliphatic heterocycles. The summed E-state index contributed by atoms with van der Waals surface area (Å²) in [5.41, 5.74) is -2.60. The van der Waals surface area contributed by atoms with Crippen molar-refractivity contribution in [3.63, 3.8) is 0 Å². The molecule has 1 aliphatic rings. The van der Waals surface area contributed by atoms with Crippen LogP contribution in [-0.4, -0.2) is 14.9 Å². The monoisotopic (exact) mass is 342 g/mol. The Morgan fingerprint density at radius 1 is 1.29 bits per heavy atom. The van der Waals surface area contributed by atoms with Crippen molar-refractivity contribution in [1.29, 1.82) is 0 Å². The van der Waals surface area contributed by atoms with Gasteiger partial charge in [0.2, 0.25) is 0 Å². The van der Waals surface area contributed by atoms with E-state index in [1.165, 1.54) is 18.2 Å². The van der Waals surface area contributed by atoms with E-state index in [0.29, 0.717) is 17.5 Å². The predicted molar refractivity (Wildman–Crippen MR) is 76.8 cm³/mol. The lowest BCUT2D eigenvalue weighted by Gasteiger charge is -2.16. The zero-order valence-corrected chi connectivity index (χ0v) is 12.4. The Labute approximate surface area is 134 Å². The number of aliphatic hydroxyl groups excluding tert-OH is 1. The van der Waals surface area contributed by atoms with Crippen molar-refractivity contribution in [2.24, 2.45) is 0 Å². The van der Waals surface area contributed by atoms with E-state index in [9.17, 15) is 27.5 Å². The first-order chi connectivity index (χ1) is 11.3. The first-order valence-corrected chi connectivity index (χ1v) is 7.39. The smallest absolute Gasteiger partial charge is 0.386 e. The second-order valence-corrected chi connectivity index (χ2v) is 5.78. The minimum absolute atomic E-state index is 0.100. The fraction of sp³-hybridized carbons (Fsp3) is 0.375. The van der Waals surface area contributed by atoms with Gasteiger partial charge in [0.05, 0.1) is 12.2 Å². The molecule has 0 bridgehead atoms. The van der Waals surface area contributed by atoms with Gasteiger partial charge in [-0.15, -0.1) is 0 Å². The van der Waals surface area contributed by atoms with E-state index in [-0.39, 0.29) is 17.2 Å². The molecule has 0 spiro atoms. The normalized spacial score (nSPS) is 16.2.